The Hall–Kier alpha value is -1.03. The number of nitrogens with zero attached hydrogens (tertiary/aromatic N) is 2. The molecular weight excluding hydrogens is 262 g/mol. The third kappa shape index (κ3) is 3.50. The van der Waals surface area contributed by atoms with Gasteiger partial charge in [-0.15, -0.1) is 0 Å². The van der Waals surface area contributed by atoms with Crippen LogP contribution in [0.25, 0.3) is 0 Å². The molecule has 0 saturated heterocycles. The second-order valence-corrected chi connectivity index (χ2v) is 6.02. The van der Waals surface area contributed by atoms with Crippen molar-refractivity contribution in [1.29, 1.82) is 0 Å². The van der Waals surface area contributed by atoms with Gasteiger partial charge >= 0.3 is 0 Å². The van der Waals surface area contributed by atoms with Crippen LogP contribution in [0.3, 0.4) is 0 Å². The molecule has 1 fully saturated rings. The van der Waals surface area contributed by atoms with Gasteiger partial charge in [0.2, 0.25) is 0 Å². The zero-order valence-corrected chi connectivity index (χ0v) is 12.6. The summed E-state index contributed by atoms with van der Waals surface area (Å²) in [5.74, 6) is 1.10. The van der Waals surface area contributed by atoms with Gasteiger partial charge < -0.3 is 5.32 Å². The van der Waals surface area contributed by atoms with Crippen molar-refractivity contribution in [2.24, 2.45) is 11.8 Å². The molecule has 1 aromatic heterocycles. The first-order valence-corrected chi connectivity index (χ1v) is 7.42. The van der Waals surface area contributed by atoms with E-state index in [-0.39, 0.29) is 11.6 Å². The van der Waals surface area contributed by atoms with Crippen molar-refractivity contribution < 1.29 is 0 Å². The van der Waals surface area contributed by atoms with Crippen LogP contribution >= 0.6 is 11.6 Å². The summed E-state index contributed by atoms with van der Waals surface area (Å²) < 4.78 is 1.54. The maximum absolute atomic E-state index is 12.4. The van der Waals surface area contributed by atoms with Crippen LogP contribution in [-0.2, 0) is 6.54 Å². The monoisotopic (exact) mass is 283 g/mol. The summed E-state index contributed by atoms with van der Waals surface area (Å²) in [6.45, 7) is 7.09. The summed E-state index contributed by atoms with van der Waals surface area (Å²) in [6, 6.07) is 0.215. The zero-order valence-electron chi connectivity index (χ0n) is 11.8. The number of anilines is 1. The fourth-order valence-electron chi connectivity index (χ4n) is 2.00. The normalized spacial score (nSPS) is 18.1. The molecule has 0 aliphatic heterocycles. The van der Waals surface area contributed by atoms with Gasteiger partial charge in [0, 0.05) is 12.6 Å². The topological polar surface area (TPSA) is 46.9 Å². The lowest BCUT2D eigenvalue weighted by Crippen LogP contribution is -2.31. The summed E-state index contributed by atoms with van der Waals surface area (Å²) in [6.07, 6.45) is 5.02. The summed E-state index contributed by atoms with van der Waals surface area (Å²) in [5.41, 5.74) is 0.389. The standard InChI is InChI=1S/C14H22ClN3O/c1-4-9(2)10(3)17-13-12(15)7-16-18(14(13)19)8-11-5-6-11/h7,9-11,17H,4-6,8H2,1-3H3. The van der Waals surface area contributed by atoms with Crippen LogP contribution in [0.5, 0.6) is 0 Å². The van der Waals surface area contributed by atoms with Crippen LogP contribution in [0, 0.1) is 11.8 Å². The molecule has 19 heavy (non-hydrogen) atoms. The molecule has 0 aromatic carbocycles. The van der Waals surface area contributed by atoms with E-state index in [9.17, 15) is 4.79 Å². The third-order valence-electron chi connectivity index (χ3n) is 4.00. The fourth-order valence-corrected chi connectivity index (χ4v) is 2.18. The molecule has 1 heterocycles. The van der Waals surface area contributed by atoms with Crippen LogP contribution in [0.2, 0.25) is 5.02 Å². The van der Waals surface area contributed by atoms with Crippen LogP contribution in [0.4, 0.5) is 5.69 Å². The second kappa shape index (κ2) is 5.95. The minimum atomic E-state index is -0.102. The van der Waals surface area contributed by atoms with Crippen molar-refractivity contribution in [3.05, 3.63) is 21.6 Å². The molecule has 0 radical (unpaired) electrons. The van der Waals surface area contributed by atoms with E-state index in [4.69, 9.17) is 11.6 Å². The van der Waals surface area contributed by atoms with E-state index in [1.165, 1.54) is 17.5 Å². The Balaban J connectivity index is 2.20. The molecule has 0 amide bonds. The van der Waals surface area contributed by atoms with Gasteiger partial charge in [0.15, 0.2) is 0 Å². The first-order valence-electron chi connectivity index (χ1n) is 7.05. The molecule has 1 saturated carbocycles. The summed E-state index contributed by atoms with van der Waals surface area (Å²) in [5, 5.41) is 7.79. The maximum Gasteiger partial charge on any atom is 0.291 e. The predicted octanol–water partition coefficient (Wildman–Crippen LogP) is 3.15. The van der Waals surface area contributed by atoms with Crippen molar-refractivity contribution in [2.45, 2.75) is 52.6 Å². The highest BCUT2D eigenvalue weighted by molar-refractivity contribution is 6.33. The molecule has 1 aliphatic carbocycles. The van der Waals surface area contributed by atoms with E-state index in [0.717, 1.165) is 6.42 Å². The molecular formula is C14H22ClN3O. The van der Waals surface area contributed by atoms with Gasteiger partial charge in [-0.3, -0.25) is 4.79 Å². The lowest BCUT2D eigenvalue weighted by Gasteiger charge is -2.21. The Bertz CT molecular complexity index is 496. The Labute approximate surface area is 119 Å². The molecule has 0 spiro atoms. The average Bonchev–Trinajstić information content (AvgIpc) is 3.20. The summed E-state index contributed by atoms with van der Waals surface area (Å²) in [7, 11) is 0. The van der Waals surface area contributed by atoms with Gasteiger partial charge in [0.1, 0.15) is 5.69 Å². The van der Waals surface area contributed by atoms with E-state index < -0.39 is 0 Å². The fraction of sp³-hybridized carbons (Fsp3) is 0.714. The minimum absolute atomic E-state index is 0.102. The molecule has 2 unspecified atom stereocenters. The van der Waals surface area contributed by atoms with Gasteiger partial charge in [-0.05, 0) is 31.6 Å². The summed E-state index contributed by atoms with van der Waals surface area (Å²) in [4.78, 5) is 12.4. The Morgan fingerprint density at radius 1 is 1.53 bits per heavy atom. The van der Waals surface area contributed by atoms with E-state index in [1.54, 1.807) is 6.20 Å². The zero-order chi connectivity index (χ0) is 14.0. The lowest BCUT2D eigenvalue weighted by atomic mass is 10.0. The number of aromatic nitrogens is 2. The SMILES string of the molecule is CCC(C)C(C)Nc1c(Cl)cnn(CC2CC2)c1=O. The van der Waals surface area contributed by atoms with E-state index >= 15 is 0 Å². The molecule has 1 aliphatic rings. The molecule has 1 N–H and O–H groups in total. The number of halogens is 1. The average molecular weight is 284 g/mol. The number of hydrogen-bond acceptors (Lipinski definition) is 3. The Kier molecular flexibility index (Phi) is 4.50. The van der Waals surface area contributed by atoms with Crippen LogP contribution < -0.4 is 10.9 Å². The van der Waals surface area contributed by atoms with Crippen LogP contribution in [0.15, 0.2) is 11.0 Å². The third-order valence-corrected chi connectivity index (χ3v) is 4.28. The molecule has 0 bridgehead atoms. The molecule has 106 valence electrons. The highest BCUT2D eigenvalue weighted by Crippen LogP contribution is 2.30. The van der Waals surface area contributed by atoms with Crippen LogP contribution in [0.1, 0.15) is 40.0 Å². The molecule has 2 rings (SSSR count). The van der Waals surface area contributed by atoms with Crippen molar-refractivity contribution in [2.75, 3.05) is 5.32 Å². The van der Waals surface area contributed by atoms with Crippen LogP contribution in [-0.4, -0.2) is 15.8 Å². The number of hydrogen-bond donors (Lipinski definition) is 1. The number of nitrogens with one attached hydrogen (secondary N) is 1. The number of rotatable bonds is 6. The highest BCUT2D eigenvalue weighted by Gasteiger charge is 2.24. The van der Waals surface area contributed by atoms with Gasteiger partial charge in [-0.2, -0.15) is 5.10 Å². The second-order valence-electron chi connectivity index (χ2n) is 5.62. The highest BCUT2D eigenvalue weighted by atomic mass is 35.5. The van der Waals surface area contributed by atoms with Crippen molar-refractivity contribution in [1.82, 2.24) is 9.78 Å². The minimum Gasteiger partial charge on any atom is -0.377 e. The molecule has 1 aromatic rings. The lowest BCUT2D eigenvalue weighted by molar-refractivity contribution is 0.491. The molecule has 4 nitrogen and oxygen atoms in total. The van der Waals surface area contributed by atoms with Crippen molar-refractivity contribution >= 4 is 17.3 Å². The quantitative estimate of drug-likeness (QED) is 0.872. The van der Waals surface area contributed by atoms with E-state index in [1.807, 2.05) is 0 Å². The Morgan fingerprint density at radius 3 is 2.79 bits per heavy atom. The van der Waals surface area contributed by atoms with Crippen molar-refractivity contribution in [3.63, 3.8) is 0 Å². The largest absolute Gasteiger partial charge is 0.377 e. The first-order chi connectivity index (χ1) is 9.02. The van der Waals surface area contributed by atoms with Crippen molar-refractivity contribution in [3.8, 4) is 0 Å². The van der Waals surface area contributed by atoms with E-state index in [0.29, 0.717) is 29.1 Å². The molecule has 2 atom stereocenters. The van der Waals surface area contributed by atoms with Gasteiger partial charge in [-0.1, -0.05) is 31.9 Å². The smallest absolute Gasteiger partial charge is 0.291 e. The van der Waals surface area contributed by atoms with Gasteiger partial charge in [-0.25, -0.2) is 4.68 Å². The first kappa shape index (κ1) is 14.4. The van der Waals surface area contributed by atoms with Gasteiger partial charge in [0.05, 0.1) is 11.2 Å². The summed E-state index contributed by atoms with van der Waals surface area (Å²) >= 11 is 6.11. The maximum atomic E-state index is 12.4. The predicted molar refractivity (Wildman–Crippen MR) is 78.8 cm³/mol. The molecule has 5 heteroatoms. The Morgan fingerprint density at radius 2 is 2.21 bits per heavy atom. The van der Waals surface area contributed by atoms with E-state index in [2.05, 4.69) is 31.2 Å². The van der Waals surface area contributed by atoms with Gasteiger partial charge in [0.25, 0.3) is 5.56 Å².